The molecule has 1 aliphatic rings. The summed E-state index contributed by atoms with van der Waals surface area (Å²) in [5.41, 5.74) is 0. The Balaban J connectivity index is 1.41. The Kier molecular flexibility index (Phi) is 4.69. The summed E-state index contributed by atoms with van der Waals surface area (Å²) in [6, 6.07) is 10.5. The van der Waals surface area contributed by atoms with E-state index >= 15 is 0 Å². The molecule has 24 heavy (non-hydrogen) atoms. The van der Waals surface area contributed by atoms with Crippen molar-refractivity contribution in [2.24, 2.45) is 0 Å². The maximum atomic E-state index is 11.8. The van der Waals surface area contributed by atoms with Gasteiger partial charge in [-0.05, 0) is 31.2 Å². The zero-order valence-electron chi connectivity index (χ0n) is 13.1. The van der Waals surface area contributed by atoms with Gasteiger partial charge in [0.2, 0.25) is 5.76 Å². The third kappa shape index (κ3) is 3.87. The Morgan fingerprint density at radius 1 is 1.21 bits per heavy atom. The molecular weight excluding hydrogens is 314 g/mol. The minimum Gasteiger partial charge on any atom is -0.486 e. The first-order valence-electron chi connectivity index (χ1n) is 7.50. The van der Waals surface area contributed by atoms with Crippen molar-refractivity contribution in [1.82, 2.24) is 5.32 Å². The summed E-state index contributed by atoms with van der Waals surface area (Å²) in [5, 5.41) is 2.64. The highest BCUT2D eigenvalue weighted by molar-refractivity contribution is 5.88. The lowest BCUT2D eigenvalue weighted by Crippen LogP contribution is -2.42. The van der Waals surface area contributed by atoms with Gasteiger partial charge in [-0.15, -0.1) is 0 Å². The Hall–Kier alpha value is -2.96. The minimum absolute atomic E-state index is 0.0703. The third-order valence-electron chi connectivity index (χ3n) is 3.37. The molecule has 0 spiro atoms. The summed E-state index contributed by atoms with van der Waals surface area (Å²) in [6.45, 7) is 1.92. The average Bonchev–Trinajstić information content (AvgIpc) is 3.04. The fourth-order valence-electron chi connectivity index (χ4n) is 2.19. The van der Waals surface area contributed by atoms with Crippen LogP contribution >= 0.6 is 0 Å². The lowest BCUT2D eigenvalue weighted by atomic mass is 10.2. The Bertz CT molecular complexity index is 738. The van der Waals surface area contributed by atoms with E-state index in [-0.39, 0.29) is 25.0 Å². The molecule has 0 radical (unpaired) electrons. The van der Waals surface area contributed by atoms with Crippen LogP contribution in [-0.2, 0) is 9.53 Å². The Morgan fingerprint density at radius 3 is 2.75 bits per heavy atom. The van der Waals surface area contributed by atoms with Crippen LogP contribution in [0.2, 0.25) is 0 Å². The molecule has 1 atom stereocenters. The highest BCUT2D eigenvalue weighted by Crippen LogP contribution is 2.30. The van der Waals surface area contributed by atoms with Gasteiger partial charge in [0.05, 0.1) is 6.54 Å². The first-order valence-corrected chi connectivity index (χ1v) is 7.50. The number of nitrogens with one attached hydrogen (secondary N) is 1. The van der Waals surface area contributed by atoms with Gasteiger partial charge >= 0.3 is 5.97 Å². The van der Waals surface area contributed by atoms with E-state index in [1.54, 1.807) is 19.1 Å². The predicted molar refractivity (Wildman–Crippen MR) is 83.1 cm³/mol. The maximum Gasteiger partial charge on any atom is 0.374 e. The monoisotopic (exact) mass is 331 g/mol. The van der Waals surface area contributed by atoms with Crippen LogP contribution in [0, 0.1) is 6.92 Å². The number of para-hydroxylation sites is 2. The largest absolute Gasteiger partial charge is 0.486 e. The molecule has 2 aromatic rings. The van der Waals surface area contributed by atoms with Crippen LogP contribution < -0.4 is 14.8 Å². The van der Waals surface area contributed by atoms with Crippen LogP contribution in [0.4, 0.5) is 0 Å². The van der Waals surface area contributed by atoms with Crippen LogP contribution in [-0.4, -0.2) is 37.7 Å². The molecule has 0 aliphatic carbocycles. The third-order valence-corrected chi connectivity index (χ3v) is 3.37. The Labute approximate surface area is 138 Å². The molecule has 2 heterocycles. The standard InChI is InChI=1S/C17H17NO6/c1-11-6-7-15(23-11)17(20)22-10-16(19)18-8-12-9-21-13-4-2-3-5-14(13)24-12/h2-7,12H,8-10H2,1H3,(H,18,19). The Morgan fingerprint density at radius 2 is 2.00 bits per heavy atom. The molecule has 7 nitrogen and oxygen atoms in total. The lowest BCUT2D eigenvalue weighted by Gasteiger charge is -2.26. The van der Waals surface area contributed by atoms with Crippen LogP contribution in [0.3, 0.4) is 0 Å². The summed E-state index contributed by atoms with van der Waals surface area (Å²) in [5.74, 6) is 0.894. The normalized spacial score (nSPS) is 15.6. The SMILES string of the molecule is Cc1ccc(C(=O)OCC(=O)NCC2COc3ccccc3O2)o1. The molecule has 1 aliphatic heterocycles. The van der Waals surface area contributed by atoms with Crippen molar-refractivity contribution >= 4 is 11.9 Å². The number of hydrogen-bond acceptors (Lipinski definition) is 6. The van der Waals surface area contributed by atoms with Gasteiger partial charge in [0.1, 0.15) is 18.5 Å². The number of ether oxygens (including phenoxy) is 3. The summed E-state index contributed by atoms with van der Waals surface area (Å²) in [7, 11) is 0. The first-order chi connectivity index (χ1) is 11.6. The lowest BCUT2D eigenvalue weighted by molar-refractivity contribution is -0.124. The highest BCUT2D eigenvalue weighted by Gasteiger charge is 2.21. The van der Waals surface area contributed by atoms with Crippen molar-refractivity contribution in [3.05, 3.63) is 47.9 Å². The van der Waals surface area contributed by atoms with Gasteiger partial charge in [-0.25, -0.2) is 4.79 Å². The topological polar surface area (TPSA) is 87.0 Å². The number of carbonyl (C=O) groups excluding carboxylic acids is 2. The van der Waals surface area contributed by atoms with Gasteiger partial charge in [0, 0.05) is 0 Å². The van der Waals surface area contributed by atoms with Crippen molar-refractivity contribution in [2.75, 3.05) is 19.8 Å². The van der Waals surface area contributed by atoms with Gasteiger partial charge < -0.3 is 23.9 Å². The summed E-state index contributed by atoms with van der Waals surface area (Å²) < 4.78 is 21.3. The highest BCUT2D eigenvalue weighted by atomic mass is 16.6. The molecule has 126 valence electrons. The van der Waals surface area contributed by atoms with Crippen LogP contribution in [0.15, 0.2) is 40.8 Å². The molecule has 7 heteroatoms. The molecule has 1 aromatic heterocycles. The molecule has 1 amide bonds. The van der Waals surface area contributed by atoms with Gasteiger partial charge in [0.25, 0.3) is 5.91 Å². The second-order valence-electron chi connectivity index (χ2n) is 5.29. The number of hydrogen-bond donors (Lipinski definition) is 1. The minimum atomic E-state index is -0.676. The zero-order valence-corrected chi connectivity index (χ0v) is 13.1. The van der Waals surface area contributed by atoms with Crippen molar-refractivity contribution in [3.8, 4) is 11.5 Å². The van der Waals surface area contributed by atoms with Crippen LogP contribution in [0.25, 0.3) is 0 Å². The first kappa shape index (κ1) is 15.9. The van der Waals surface area contributed by atoms with E-state index in [9.17, 15) is 9.59 Å². The van der Waals surface area contributed by atoms with E-state index in [0.717, 1.165) is 0 Å². The number of esters is 1. The van der Waals surface area contributed by atoms with E-state index < -0.39 is 11.9 Å². The van der Waals surface area contributed by atoms with Gasteiger partial charge in [0.15, 0.2) is 18.1 Å². The van der Waals surface area contributed by atoms with E-state index in [0.29, 0.717) is 23.9 Å². The zero-order chi connectivity index (χ0) is 16.9. The molecule has 0 fully saturated rings. The number of fused-ring (bicyclic) bond motifs is 1. The molecule has 0 saturated carbocycles. The van der Waals surface area contributed by atoms with E-state index in [4.69, 9.17) is 18.6 Å². The molecule has 1 unspecified atom stereocenters. The maximum absolute atomic E-state index is 11.8. The molecule has 1 aromatic carbocycles. The number of amides is 1. The molecule has 3 rings (SSSR count). The van der Waals surface area contributed by atoms with Gasteiger partial charge in [-0.1, -0.05) is 12.1 Å². The number of furan rings is 1. The van der Waals surface area contributed by atoms with Crippen molar-refractivity contribution < 1.29 is 28.2 Å². The number of aryl methyl sites for hydroxylation is 1. The van der Waals surface area contributed by atoms with Crippen molar-refractivity contribution in [2.45, 2.75) is 13.0 Å². The van der Waals surface area contributed by atoms with Gasteiger partial charge in [-0.2, -0.15) is 0 Å². The number of rotatable bonds is 5. The molecule has 1 N–H and O–H groups in total. The summed E-state index contributed by atoms with van der Waals surface area (Å²) in [6.07, 6.45) is -0.299. The number of benzene rings is 1. The fraction of sp³-hybridized carbons (Fsp3) is 0.294. The molecular formula is C17H17NO6. The number of carbonyl (C=O) groups is 2. The van der Waals surface area contributed by atoms with Crippen LogP contribution in [0.1, 0.15) is 16.3 Å². The second kappa shape index (κ2) is 7.08. The quantitative estimate of drug-likeness (QED) is 0.839. The van der Waals surface area contributed by atoms with E-state index in [2.05, 4.69) is 5.32 Å². The molecule has 0 bridgehead atoms. The summed E-state index contributed by atoms with van der Waals surface area (Å²) in [4.78, 5) is 23.4. The van der Waals surface area contributed by atoms with Gasteiger partial charge in [-0.3, -0.25) is 4.79 Å². The predicted octanol–water partition coefficient (Wildman–Crippen LogP) is 1.70. The fourth-order valence-corrected chi connectivity index (χ4v) is 2.19. The van der Waals surface area contributed by atoms with Crippen molar-refractivity contribution in [3.63, 3.8) is 0 Å². The second-order valence-corrected chi connectivity index (χ2v) is 5.29. The van der Waals surface area contributed by atoms with E-state index in [1.165, 1.54) is 6.07 Å². The average molecular weight is 331 g/mol. The smallest absolute Gasteiger partial charge is 0.374 e. The van der Waals surface area contributed by atoms with Crippen LogP contribution in [0.5, 0.6) is 11.5 Å². The molecule has 0 saturated heterocycles. The van der Waals surface area contributed by atoms with E-state index in [1.807, 2.05) is 18.2 Å². The van der Waals surface area contributed by atoms with Crippen molar-refractivity contribution in [1.29, 1.82) is 0 Å². The summed E-state index contributed by atoms with van der Waals surface area (Å²) >= 11 is 0.